The van der Waals surface area contributed by atoms with Crippen LogP contribution in [0.4, 0.5) is 0 Å². The number of aromatic nitrogens is 1. The molecule has 5 nitrogen and oxygen atoms in total. The number of benzene rings is 1. The van der Waals surface area contributed by atoms with Gasteiger partial charge in [-0.1, -0.05) is 30.3 Å². The molecule has 2 N–H and O–H groups in total. The van der Waals surface area contributed by atoms with Gasteiger partial charge in [0.2, 0.25) is 0 Å². The maximum atomic E-state index is 10.9. The fourth-order valence-electron chi connectivity index (χ4n) is 2.32. The quantitative estimate of drug-likeness (QED) is 0.879. The lowest BCUT2D eigenvalue weighted by molar-refractivity contribution is -0.139. The van der Waals surface area contributed by atoms with E-state index in [-0.39, 0.29) is 5.92 Å². The zero-order chi connectivity index (χ0) is 13.2. The first-order chi connectivity index (χ1) is 9.24. The number of oxazole rings is 1. The number of carbonyl (C=O) groups is 1. The standard InChI is InChI=1S/C14H14N2O3/c17-14(18)11-6-10(7-15-11)13-16-8-12(19-13)9-4-2-1-3-5-9/h1-5,8,10-11,15H,6-7H2,(H,17,18)/t10-,11+/m1/s1. The van der Waals surface area contributed by atoms with Crippen LogP contribution in [0.5, 0.6) is 0 Å². The van der Waals surface area contributed by atoms with Crippen LogP contribution in [-0.4, -0.2) is 28.6 Å². The Morgan fingerprint density at radius 3 is 2.84 bits per heavy atom. The number of aliphatic carboxylic acids is 1. The summed E-state index contributed by atoms with van der Waals surface area (Å²) < 4.78 is 5.74. The molecule has 1 aromatic carbocycles. The number of hydrogen-bond donors (Lipinski definition) is 2. The van der Waals surface area contributed by atoms with Crippen molar-refractivity contribution in [2.45, 2.75) is 18.4 Å². The van der Waals surface area contributed by atoms with E-state index < -0.39 is 12.0 Å². The molecule has 0 saturated carbocycles. The number of carboxylic acid groups (broad SMARTS) is 1. The van der Waals surface area contributed by atoms with E-state index in [2.05, 4.69) is 10.3 Å². The molecule has 5 heteroatoms. The molecular weight excluding hydrogens is 244 g/mol. The second-order valence-corrected chi connectivity index (χ2v) is 4.66. The minimum absolute atomic E-state index is 0.0264. The molecule has 98 valence electrons. The van der Waals surface area contributed by atoms with E-state index in [1.807, 2.05) is 30.3 Å². The van der Waals surface area contributed by atoms with Crippen LogP contribution in [-0.2, 0) is 4.79 Å². The van der Waals surface area contributed by atoms with Crippen LogP contribution in [0.2, 0.25) is 0 Å². The van der Waals surface area contributed by atoms with Gasteiger partial charge in [-0.15, -0.1) is 0 Å². The van der Waals surface area contributed by atoms with Crippen LogP contribution in [0.3, 0.4) is 0 Å². The van der Waals surface area contributed by atoms with Crippen molar-refractivity contribution in [1.82, 2.24) is 10.3 Å². The number of nitrogens with zero attached hydrogens (tertiary/aromatic N) is 1. The second-order valence-electron chi connectivity index (χ2n) is 4.66. The average molecular weight is 258 g/mol. The molecule has 3 rings (SSSR count). The first-order valence-electron chi connectivity index (χ1n) is 6.21. The topological polar surface area (TPSA) is 75.4 Å². The molecule has 1 aliphatic rings. The monoisotopic (exact) mass is 258 g/mol. The molecule has 0 radical (unpaired) electrons. The summed E-state index contributed by atoms with van der Waals surface area (Å²) in [4.78, 5) is 15.2. The molecule has 1 fully saturated rings. The van der Waals surface area contributed by atoms with E-state index >= 15 is 0 Å². The molecule has 19 heavy (non-hydrogen) atoms. The first kappa shape index (κ1) is 11.9. The first-order valence-corrected chi connectivity index (χ1v) is 6.21. The van der Waals surface area contributed by atoms with Gasteiger partial charge in [0.25, 0.3) is 0 Å². The summed E-state index contributed by atoms with van der Waals surface area (Å²) in [5, 5.41) is 11.9. The molecule has 2 atom stereocenters. The summed E-state index contributed by atoms with van der Waals surface area (Å²) in [5.41, 5.74) is 0.974. The van der Waals surface area contributed by atoms with Crippen molar-refractivity contribution in [2.75, 3.05) is 6.54 Å². The van der Waals surface area contributed by atoms with Crippen LogP contribution < -0.4 is 5.32 Å². The minimum Gasteiger partial charge on any atom is -0.480 e. The van der Waals surface area contributed by atoms with E-state index in [1.165, 1.54) is 0 Å². The molecular formula is C14H14N2O3. The Kier molecular flexibility index (Phi) is 3.05. The smallest absolute Gasteiger partial charge is 0.320 e. The number of hydrogen-bond acceptors (Lipinski definition) is 4. The zero-order valence-corrected chi connectivity index (χ0v) is 10.2. The predicted molar refractivity (Wildman–Crippen MR) is 68.7 cm³/mol. The molecule has 1 aliphatic heterocycles. The van der Waals surface area contributed by atoms with Gasteiger partial charge in [0.15, 0.2) is 11.7 Å². The van der Waals surface area contributed by atoms with Crippen LogP contribution in [0.15, 0.2) is 40.9 Å². The van der Waals surface area contributed by atoms with E-state index in [1.54, 1.807) is 6.20 Å². The summed E-state index contributed by atoms with van der Waals surface area (Å²) in [7, 11) is 0. The van der Waals surface area contributed by atoms with Gasteiger partial charge in [-0.25, -0.2) is 4.98 Å². The summed E-state index contributed by atoms with van der Waals surface area (Å²) >= 11 is 0. The van der Waals surface area contributed by atoms with Gasteiger partial charge in [-0.2, -0.15) is 0 Å². The molecule has 1 aromatic heterocycles. The van der Waals surface area contributed by atoms with Gasteiger partial charge >= 0.3 is 5.97 Å². The maximum absolute atomic E-state index is 10.9. The predicted octanol–water partition coefficient (Wildman–Crippen LogP) is 1.87. The molecule has 0 aliphatic carbocycles. The third-order valence-electron chi connectivity index (χ3n) is 3.36. The van der Waals surface area contributed by atoms with Gasteiger partial charge in [0, 0.05) is 12.1 Å². The molecule has 2 aromatic rings. The van der Waals surface area contributed by atoms with Crippen molar-refractivity contribution in [3.05, 3.63) is 42.4 Å². The SMILES string of the molecule is O=C(O)[C@@H]1C[C@@H](c2ncc(-c3ccccc3)o2)CN1. The Labute approximate surface area is 110 Å². The Morgan fingerprint density at radius 1 is 1.37 bits per heavy atom. The molecule has 0 amide bonds. The van der Waals surface area contributed by atoms with Crippen molar-refractivity contribution in [3.8, 4) is 11.3 Å². The Bertz CT molecular complexity index is 579. The van der Waals surface area contributed by atoms with Crippen molar-refractivity contribution >= 4 is 5.97 Å². The van der Waals surface area contributed by atoms with Gasteiger partial charge in [0.1, 0.15) is 6.04 Å². The highest BCUT2D eigenvalue weighted by molar-refractivity contribution is 5.74. The highest BCUT2D eigenvalue weighted by Crippen LogP contribution is 2.28. The molecule has 0 spiro atoms. The van der Waals surface area contributed by atoms with Crippen molar-refractivity contribution in [1.29, 1.82) is 0 Å². The summed E-state index contributed by atoms with van der Waals surface area (Å²) in [6.07, 6.45) is 2.21. The van der Waals surface area contributed by atoms with Gasteiger partial charge < -0.3 is 14.8 Å². The normalized spacial score (nSPS) is 22.5. The molecule has 0 bridgehead atoms. The second kappa shape index (κ2) is 4.85. The highest BCUT2D eigenvalue weighted by Gasteiger charge is 2.32. The third-order valence-corrected chi connectivity index (χ3v) is 3.36. The zero-order valence-electron chi connectivity index (χ0n) is 10.2. The van der Waals surface area contributed by atoms with Gasteiger partial charge in [-0.3, -0.25) is 4.79 Å². The summed E-state index contributed by atoms with van der Waals surface area (Å²) in [6, 6.07) is 9.23. The van der Waals surface area contributed by atoms with Crippen LogP contribution in [0.25, 0.3) is 11.3 Å². The molecule has 1 saturated heterocycles. The lowest BCUT2D eigenvalue weighted by Gasteiger charge is -2.03. The minimum atomic E-state index is -0.822. The Morgan fingerprint density at radius 2 is 2.16 bits per heavy atom. The van der Waals surface area contributed by atoms with Crippen LogP contribution >= 0.6 is 0 Å². The Hall–Kier alpha value is -2.14. The Balaban J connectivity index is 1.78. The van der Waals surface area contributed by atoms with Crippen molar-refractivity contribution in [2.24, 2.45) is 0 Å². The van der Waals surface area contributed by atoms with Crippen LogP contribution in [0.1, 0.15) is 18.2 Å². The van der Waals surface area contributed by atoms with E-state index in [0.29, 0.717) is 18.9 Å². The molecule has 2 heterocycles. The fourth-order valence-corrected chi connectivity index (χ4v) is 2.32. The van der Waals surface area contributed by atoms with Crippen molar-refractivity contribution < 1.29 is 14.3 Å². The van der Waals surface area contributed by atoms with Crippen molar-refractivity contribution in [3.63, 3.8) is 0 Å². The number of carboxylic acids is 1. The highest BCUT2D eigenvalue weighted by atomic mass is 16.4. The van der Waals surface area contributed by atoms with E-state index in [4.69, 9.17) is 9.52 Å². The van der Waals surface area contributed by atoms with Gasteiger partial charge in [-0.05, 0) is 6.42 Å². The molecule has 0 unspecified atom stereocenters. The number of nitrogens with one attached hydrogen (secondary N) is 1. The lowest BCUT2D eigenvalue weighted by Crippen LogP contribution is -2.29. The maximum Gasteiger partial charge on any atom is 0.320 e. The third kappa shape index (κ3) is 2.37. The fraction of sp³-hybridized carbons (Fsp3) is 0.286. The van der Waals surface area contributed by atoms with E-state index in [0.717, 1.165) is 11.3 Å². The van der Waals surface area contributed by atoms with Crippen LogP contribution in [0, 0.1) is 0 Å². The van der Waals surface area contributed by atoms with Gasteiger partial charge in [0.05, 0.1) is 12.1 Å². The van der Waals surface area contributed by atoms with E-state index in [9.17, 15) is 4.79 Å². The lowest BCUT2D eigenvalue weighted by atomic mass is 10.1. The summed E-state index contributed by atoms with van der Waals surface area (Å²) in [5.74, 6) is 0.528. The largest absolute Gasteiger partial charge is 0.480 e. The average Bonchev–Trinajstić information content (AvgIpc) is 3.09. The summed E-state index contributed by atoms with van der Waals surface area (Å²) in [6.45, 7) is 0.589. The number of rotatable bonds is 3.